The quantitative estimate of drug-likeness (QED) is 0.428. The highest BCUT2D eigenvalue weighted by Gasteiger charge is 2.17. The molecule has 1 saturated heterocycles. The van der Waals surface area contributed by atoms with E-state index in [1.165, 1.54) is 18.4 Å². The summed E-state index contributed by atoms with van der Waals surface area (Å²) in [6, 6.07) is 11.1. The van der Waals surface area contributed by atoms with Gasteiger partial charge in [0.25, 0.3) is 0 Å². The zero-order valence-corrected chi connectivity index (χ0v) is 17.0. The van der Waals surface area contributed by atoms with Crippen LogP contribution >= 0.6 is 24.0 Å². The van der Waals surface area contributed by atoms with Crippen LogP contribution in [-0.2, 0) is 6.42 Å². The smallest absolute Gasteiger partial charge is 0.193 e. The highest BCUT2D eigenvalue weighted by atomic mass is 127. The maximum absolute atomic E-state index is 4.90. The SMILES string of the molecule is CCNC(=NCC(Cc1ccccc1)N(C)C)N1CCCC1.I. The topological polar surface area (TPSA) is 30.9 Å². The second-order valence-corrected chi connectivity index (χ2v) is 6.20. The lowest BCUT2D eigenvalue weighted by Crippen LogP contribution is -2.41. The number of hydrogen-bond donors (Lipinski definition) is 1. The lowest BCUT2D eigenvalue weighted by Gasteiger charge is -2.25. The molecule has 0 saturated carbocycles. The molecule has 130 valence electrons. The number of aliphatic imine (C=N–C) groups is 1. The molecule has 0 radical (unpaired) electrons. The number of hydrogen-bond acceptors (Lipinski definition) is 2. The maximum Gasteiger partial charge on any atom is 0.193 e. The molecule has 1 N–H and O–H groups in total. The van der Waals surface area contributed by atoms with Gasteiger partial charge in [-0.05, 0) is 45.8 Å². The lowest BCUT2D eigenvalue weighted by atomic mass is 10.1. The number of nitrogens with one attached hydrogen (secondary N) is 1. The van der Waals surface area contributed by atoms with Crippen LogP contribution in [0.1, 0.15) is 25.3 Å². The Morgan fingerprint density at radius 3 is 2.43 bits per heavy atom. The van der Waals surface area contributed by atoms with Crippen molar-refractivity contribution in [1.29, 1.82) is 0 Å². The molecule has 2 rings (SSSR count). The zero-order valence-electron chi connectivity index (χ0n) is 14.7. The van der Waals surface area contributed by atoms with Crippen molar-refractivity contribution in [2.75, 3.05) is 40.3 Å². The summed E-state index contributed by atoms with van der Waals surface area (Å²) in [6.07, 6.45) is 3.60. The molecule has 0 bridgehead atoms. The predicted octanol–water partition coefficient (Wildman–Crippen LogP) is 2.84. The minimum absolute atomic E-state index is 0. The molecule has 1 unspecified atom stereocenters. The molecular formula is C18H31IN4. The third kappa shape index (κ3) is 6.67. The van der Waals surface area contributed by atoms with E-state index >= 15 is 0 Å². The van der Waals surface area contributed by atoms with E-state index in [4.69, 9.17) is 4.99 Å². The Balaban J connectivity index is 0.00000264. The van der Waals surface area contributed by atoms with Crippen molar-refractivity contribution in [2.45, 2.75) is 32.2 Å². The van der Waals surface area contributed by atoms with E-state index in [1.807, 2.05) is 0 Å². The highest BCUT2D eigenvalue weighted by Crippen LogP contribution is 2.10. The van der Waals surface area contributed by atoms with Crippen molar-refractivity contribution >= 4 is 29.9 Å². The van der Waals surface area contributed by atoms with Crippen LogP contribution in [0.5, 0.6) is 0 Å². The first-order valence-corrected chi connectivity index (χ1v) is 8.44. The summed E-state index contributed by atoms with van der Waals surface area (Å²) >= 11 is 0. The number of nitrogens with zero attached hydrogens (tertiary/aromatic N) is 3. The van der Waals surface area contributed by atoms with Crippen LogP contribution in [0.15, 0.2) is 35.3 Å². The zero-order chi connectivity index (χ0) is 15.8. The van der Waals surface area contributed by atoms with Crippen LogP contribution < -0.4 is 5.32 Å². The third-order valence-electron chi connectivity index (χ3n) is 4.24. The molecule has 5 heteroatoms. The molecule has 1 aromatic rings. The minimum atomic E-state index is 0. The summed E-state index contributed by atoms with van der Waals surface area (Å²) in [5.74, 6) is 1.08. The summed E-state index contributed by atoms with van der Waals surface area (Å²) < 4.78 is 0. The molecule has 1 aromatic carbocycles. The first-order chi connectivity index (χ1) is 10.7. The number of halogens is 1. The predicted molar refractivity (Wildman–Crippen MR) is 110 cm³/mol. The van der Waals surface area contributed by atoms with Crippen molar-refractivity contribution < 1.29 is 0 Å². The van der Waals surface area contributed by atoms with Gasteiger partial charge in [-0.1, -0.05) is 30.3 Å². The Labute approximate surface area is 158 Å². The molecule has 1 aliphatic heterocycles. The van der Waals surface area contributed by atoms with Gasteiger partial charge in [0.15, 0.2) is 5.96 Å². The van der Waals surface area contributed by atoms with Crippen LogP contribution in [0.2, 0.25) is 0 Å². The number of likely N-dealkylation sites (N-methyl/N-ethyl adjacent to an activating group) is 1. The van der Waals surface area contributed by atoms with Gasteiger partial charge in [0, 0.05) is 25.7 Å². The molecule has 1 aliphatic rings. The van der Waals surface area contributed by atoms with E-state index < -0.39 is 0 Å². The molecule has 23 heavy (non-hydrogen) atoms. The number of rotatable bonds is 6. The van der Waals surface area contributed by atoms with Crippen LogP contribution in [0.3, 0.4) is 0 Å². The Morgan fingerprint density at radius 1 is 1.22 bits per heavy atom. The standard InChI is InChI=1S/C18H30N4.HI/c1-4-19-18(22-12-8-9-13-22)20-15-17(21(2)3)14-16-10-6-5-7-11-16;/h5-7,10-11,17H,4,8-9,12-15H2,1-3H3,(H,19,20);1H. The Kier molecular flexibility index (Phi) is 9.55. The van der Waals surface area contributed by atoms with E-state index in [0.717, 1.165) is 38.6 Å². The van der Waals surface area contributed by atoms with E-state index in [0.29, 0.717) is 6.04 Å². The third-order valence-corrected chi connectivity index (χ3v) is 4.24. The first kappa shape index (κ1) is 20.2. The summed E-state index contributed by atoms with van der Waals surface area (Å²) in [6.45, 7) is 6.18. The van der Waals surface area contributed by atoms with Crippen molar-refractivity contribution in [2.24, 2.45) is 4.99 Å². The Morgan fingerprint density at radius 2 is 1.87 bits per heavy atom. The molecule has 4 nitrogen and oxygen atoms in total. The van der Waals surface area contributed by atoms with Crippen molar-refractivity contribution in [3.05, 3.63) is 35.9 Å². The highest BCUT2D eigenvalue weighted by molar-refractivity contribution is 14.0. The number of likely N-dealkylation sites (tertiary alicyclic amines) is 1. The molecule has 0 aromatic heterocycles. The van der Waals surface area contributed by atoms with Gasteiger partial charge < -0.3 is 15.1 Å². The lowest BCUT2D eigenvalue weighted by molar-refractivity contribution is 0.297. The van der Waals surface area contributed by atoms with Gasteiger partial charge in [-0.25, -0.2) is 0 Å². The van der Waals surface area contributed by atoms with Gasteiger partial charge in [0.2, 0.25) is 0 Å². The molecule has 1 fully saturated rings. The fraction of sp³-hybridized carbons (Fsp3) is 0.611. The second-order valence-electron chi connectivity index (χ2n) is 6.20. The van der Waals surface area contributed by atoms with E-state index in [2.05, 4.69) is 66.5 Å². The summed E-state index contributed by atoms with van der Waals surface area (Å²) in [5, 5.41) is 3.44. The van der Waals surface area contributed by atoms with Gasteiger partial charge >= 0.3 is 0 Å². The van der Waals surface area contributed by atoms with Gasteiger partial charge in [-0.15, -0.1) is 24.0 Å². The first-order valence-electron chi connectivity index (χ1n) is 8.44. The normalized spacial score (nSPS) is 16.3. The molecule has 1 heterocycles. The van der Waals surface area contributed by atoms with Gasteiger partial charge in [-0.2, -0.15) is 0 Å². The number of guanidine groups is 1. The monoisotopic (exact) mass is 430 g/mol. The van der Waals surface area contributed by atoms with Crippen LogP contribution in [0.25, 0.3) is 0 Å². The molecule has 0 spiro atoms. The van der Waals surface area contributed by atoms with Crippen LogP contribution in [-0.4, -0.2) is 62.1 Å². The van der Waals surface area contributed by atoms with Gasteiger partial charge in [0.05, 0.1) is 6.54 Å². The van der Waals surface area contributed by atoms with Gasteiger partial charge in [-0.3, -0.25) is 4.99 Å². The maximum atomic E-state index is 4.90. The van der Waals surface area contributed by atoms with E-state index in [-0.39, 0.29) is 24.0 Å². The van der Waals surface area contributed by atoms with Crippen molar-refractivity contribution in [1.82, 2.24) is 15.1 Å². The fourth-order valence-electron chi connectivity index (χ4n) is 2.84. The van der Waals surface area contributed by atoms with Crippen molar-refractivity contribution in [3.63, 3.8) is 0 Å². The summed E-state index contributed by atoms with van der Waals surface area (Å²) in [7, 11) is 4.29. The molecule has 0 amide bonds. The largest absolute Gasteiger partial charge is 0.357 e. The molecule has 1 atom stereocenters. The molecular weight excluding hydrogens is 399 g/mol. The van der Waals surface area contributed by atoms with E-state index in [1.54, 1.807) is 0 Å². The van der Waals surface area contributed by atoms with Gasteiger partial charge in [0.1, 0.15) is 0 Å². The summed E-state index contributed by atoms with van der Waals surface area (Å²) in [4.78, 5) is 9.57. The average Bonchev–Trinajstić information content (AvgIpc) is 3.05. The summed E-state index contributed by atoms with van der Waals surface area (Å²) in [5.41, 5.74) is 1.38. The average molecular weight is 430 g/mol. The number of benzene rings is 1. The van der Waals surface area contributed by atoms with Crippen molar-refractivity contribution in [3.8, 4) is 0 Å². The molecule has 0 aliphatic carbocycles. The second kappa shape index (κ2) is 10.9. The van der Waals surface area contributed by atoms with Crippen LogP contribution in [0.4, 0.5) is 0 Å². The Bertz CT molecular complexity index is 455. The fourth-order valence-corrected chi connectivity index (χ4v) is 2.84. The van der Waals surface area contributed by atoms with E-state index in [9.17, 15) is 0 Å². The van der Waals surface area contributed by atoms with Crippen LogP contribution in [0, 0.1) is 0 Å². The minimum Gasteiger partial charge on any atom is -0.357 e. The Hall–Kier alpha value is -0.820.